The molecular weight excluding hydrogens is 308 g/mol. The van der Waals surface area contributed by atoms with Gasteiger partial charge in [0.25, 0.3) is 0 Å². The standard InChI is InChI=1S/C18H20N2O4/c1-2-3-16(23-17(21)12-4-8-14(19)9-5-12)24-18(22)13-6-10-15(20)11-7-13/h4-11,16H,2-3,19-20H2,1H3. The van der Waals surface area contributed by atoms with Crippen molar-refractivity contribution in [3.8, 4) is 0 Å². The summed E-state index contributed by atoms with van der Waals surface area (Å²) in [4.78, 5) is 24.3. The molecule has 6 heteroatoms. The van der Waals surface area contributed by atoms with Crippen LogP contribution < -0.4 is 11.5 Å². The molecule has 4 N–H and O–H groups in total. The average molecular weight is 328 g/mol. The molecular formula is C18H20N2O4. The normalized spacial score (nSPS) is 10.4. The van der Waals surface area contributed by atoms with E-state index in [1.165, 1.54) is 0 Å². The van der Waals surface area contributed by atoms with E-state index in [0.717, 1.165) is 0 Å². The molecule has 0 aliphatic carbocycles. The van der Waals surface area contributed by atoms with Gasteiger partial charge in [0, 0.05) is 17.8 Å². The summed E-state index contributed by atoms with van der Waals surface area (Å²) in [6.45, 7) is 1.90. The van der Waals surface area contributed by atoms with Gasteiger partial charge in [0.15, 0.2) is 0 Å². The molecule has 24 heavy (non-hydrogen) atoms. The molecule has 0 saturated heterocycles. The minimum Gasteiger partial charge on any atom is -0.422 e. The van der Waals surface area contributed by atoms with Gasteiger partial charge in [-0.3, -0.25) is 0 Å². The number of esters is 2. The van der Waals surface area contributed by atoms with Crippen LogP contribution in [0.15, 0.2) is 48.5 Å². The molecule has 0 amide bonds. The van der Waals surface area contributed by atoms with Crippen LogP contribution in [0.5, 0.6) is 0 Å². The third-order valence-electron chi connectivity index (χ3n) is 3.29. The topological polar surface area (TPSA) is 105 Å². The fourth-order valence-electron chi connectivity index (χ4n) is 1.99. The summed E-state index contributed by atoms with van der Waals surface area (Å²) in [6, 6.07) is 12.6. The van der Waals surface area contributed by atoms with Gasteiger partial charge in [-0.15, -0.1) is 0 Å². The minimum absolute atomic E-state index is 0.342. The van der Waals surface area contributed by atoms with Gasteiger partial charge >= 0.3 is 11.9 Å². The number of anilines is 2. The maximum Gasteiger partial charge on any atom is 0.341 e. The van der Waals surface area contributed by atoms with Crippen molar-refractivity contribution in [3.63, 3.8) is 0 Å². The lowest BCUT2D eigenvalue weighted by Gasteiger charge is -2.18. The number of benzene rings is 2. The number of rotatable bonds is 6. The molecule has 0 radical (unpaired) electrons. The Bertz CT molecular complexity index is 636. The summed E-state index contributed by atoms with van der Waals surface area (Å²) in [7, 11) is 0. The molecule has 0 spiro atoms. The molecule has 2 aromatic carbocycles. The fourth-order valence-corrected chi connectivity index (χ4v) is 1.99. The summed E-state index contributed by atoms with van der Waals surface area (Å²) in [6.07, 6.45) is 0.140. The predicted molar refractivity (Wildman–Crippen MR) is 91.2 cm³/mol. The molecule has 0 saturated carbocycles. The highest BCUT2D eigenvalue weighted by molar-refractivity contribution is 5.91. The van der Waals surface area contributed by atoms with Gasteiger partial charge < -0.3 is 20.9 Å². The Balaban J connectivity index is 2.03. The van der Waals surface area contributed by atoms with E-state index < -0.39 is 18.2 Å². The first-order valence-corrected chi connectivity index (χ1v) is 7.62. The first-order valence-electron chi connectivity index (χ1n) is 7.62. The van der Waals surface area contributed by atoms with Crippen LogP contribution in [0.1, 0.15) is 40.5 Å². The molecule has 0 bridgehead atoms. The number of nitrogen functional groups attached to an aromatic ring is 2. The minimum atomic E-state index is -0.954. The van der Waals surface area contributed by atoms with E-state index in [-0.39, 0.29) is 0 Å². The van der Waals surface area contributed by atoms with Gasteiger partial charge in [0.05, 0.1) is 11.1 Å². The van der Waals surface area contributed by atoms with Crippen molar-refractivity contribution in [2.75, 3.05) is 11.5 Å². The van der Waals surface area contributed by atoms with Crippen LogP contribution in [-0.2, 0) is 9.47 Å². The van der Waals surface area contributed by atoms with E-state index in [1.54, 1.807) is 48.5 Å². The zero-order valence-corrected chi connectivity index (χ0v) is 13.4. The van der Waals surface area contributed by atoms with Gasteiger partial charge in [0.2, 0.25) is 6.29 Å². The number of hydrogen-bond acceptors (Lipinski definition) is 6. The zero-order chi connectivity index (χ0) is 17.5. The first-order chi connectivity index (χ1) is 11.5. The predicted octanol–water partition coefficient (Wildman–Crippen LogP) is 2.99. The maximum atomic E-state index is 12.1. The van der Waals surface area contributed by atoms with Crippen LogP contribution in [0.25, 0.3) is 0 Å². The van der Waals surface area contributed by atoms with E-state index in [1.807, 2.05) is 6.92 Å². The summed E-state index contributed by atoms with van der Waals surface area (Å²) in [5.74, 6) is -1.14. The number of carbonyl (C=O) groups is 2. The monoisotopic (exact) mass is 328 g/mol. The summed E-state index contributed by atoms with van der Waals surface area (Å²) in [5.41, 5.74) is 13.0. The smallest absolute Gasteiger partial charge is 0.341 e. The second-order valence-electron chi connectivity index (χ2n) is 5.27. The molecule has 0 aliphatic rings. The number of nitrogens with two attached hydrogens (primary N) is 2. The SMILES string of the molecule is CCCC(OC(=O)c1ccc(N)cc1)OC(=O)c1ccc(N)cc1. The van der Waals surface area contributed by atoms with Gasteiger partial charge in [-0.1, -0.05) is 6.92 Å². The average Bonchev–Trinajstić information content (AvgIpc) is 2.56. The largest absolute Gasteiger partial charge is 0.422 e. The summed E-state index contributed by atoms with van der Waals surface area (Å²) in [5, 5.41) is 0. The quantitative estimate of drug-likeness (QED) is 0.480. The Labute approximate surface area is 140 Å². The number of hydrogen-bond donors (Lipinski definition) is 2. The lowest BCUT2D eigenvalue weighted by atomic mass is 10.2. The van der Waals surface area contributed by atoms with E-state index in [4.69, 9.17) is 20.9 Å². The van der Waals surface area contributed by atoms with Crippen molar-refractivity contribution in [2.24, 2.45) is 0 Å². The maximum absolute atomic E-state index is 12.1. The van der Waals surface area contributed by atoms with Crippen LogP contribution in [0.3, 0.4) is 0 Å². The molecule has 2 aromatic rings. The lowest BCUT2D eigenvalue weighted by Crippen LogP contribution is -2.24. The van der Waals surface area contributed by atoms with Crippen molar-refractivity contribution in [2.45, 2.75) is 26.1 Å². The highest BCUT2D eigenvalue weighted by Crippen LogP contribution is 2.14. The molecule has 126 valence electrons. The molecule has 0 fully saturated rings. The first kappa shape index (κ1) is 17.3. The number of ether oxygens (including phenoxy) is 2. The van der Waals surface area contributed by atoms with E-state index in [0.29, 0.717) is 35.3 Å². The molecule has 0 atom stereocenters. The summed E-state index contributed by atoms with van der Waals surface area (Å²) < 4.78 is 10.6. The van der Waals surface area contributed by atoms with Crippen molar-refractivity contribution >= 4 is 23.3 Å². The van der Waals surface area contributed by atoms with E-state index in [9.17, 15) is 9.59 Å². The van der Waals surface area contributed by atoms with Crippen molar-refractivity contribution in [3.05, 3.63) is 59.7 Å². The third-order valence-corrected chi connectivity index (χ3v) is 3.29. The van der Waals surface area contributed by atoms with Crippen LogP contribution >= 0.6 is 0 Å². The van der Waals surface area contributed by atoms with Gasteiger partial charge in [-0.05, 0) is 55.0 Å². The van der Waals surface area contributed by atoms with Gasteiger partial charge in [-0.25, -0.2) is 9.59 Å². The van der Waals surface area contributed by atoms with Gasteiger partial charge in [0.1, 0.15) is 0 Å². The second-order valence-corrected chi connectivity index (χ2v) is 5.27. The van der Waals surface area contributed by atoms with Crippen molar-refractivity contribution < 1.29 is 19.1 Å². The third kappa shape index (κ3) is 4.74. The Kier molecular flexibility index (Phi) is 5.78. The van der Waals surface area contributed by atoms with Crippen LogP contribution in [-0.4, -0.2) is 18.2 Å². The Hall–Kier alpha value is -3.02. The second kappa shape index (κ2) is 8.01. The summed E-state index contributed by atoms with van der Waals surface area (Å²) >= 11 is 0. The van der Waals surface area contributed by atoms with Crippen LogP contribution in [0.2, 0.25) is 0 Å². The van der Waals surface area contributed by atoms with E-state index in [2.05, 4.69) is 0 Å². The highest BCUT2D eigenvalue weighted by atomic mass is 16.7. The van der Waals surface area contributed by atoms with Crippen molar-refractivity contribution in [1.29, 1.82) is 0 Å². The highest BCUT2D eigenvalue weighted by Gasteiger charge is 2.20. The molecule has 0 aliphatic heterocycles. The Morgan fingerprint density at radius 2 is 1.21 bits per heavy atom. The molecule has 0 unspecified atom stereocenters. The fraction of sp³-hybridized carbons (Fsp3) is 0.222. The van der Waals surface area contributed by atoms with Gasteiger partial charge in [-0.2, -0.15) is 0 Å². The van der Waals surface area contributed by atoms with E-state index >= 15 is 0 Å². The van der Waals surface area contributed by atoms with Crippen molar-refractivity contribution in [1.82, 2.24) is 0 Å². The Morgan fingerprint density at radius 1 is 0.833 bits per heavy atom. The molecule has 2 rings (SSSR count). The Morgan fingerprint density at radius 3 is 1.54 bits per heavy atom. The molecule has 0 heterocycles. The molecule has 0 aromatic heterocycles. The lowest BCUT2D eigenvalue weighted by molar-refractivity contribution is -0.0830. The zero-order valence-electron chi connectivity index (χ0n) is 13.4. The van der Waals surface area contributed by atoms with Crippen LogP contribution in [0, 0.1) is 0 Å². The molecule has 6 nitrogen and oxygen atoms in total. The van der Waals surface area contributed by atoms with Crippen LogP contribution in [0.4, 0.5) is 11.4 Å². The number of carbonyl (C=O) groups excluding carboxylic acids is 2.